The SMILES string of the molecule is Cc1ccc(NC(=O)c2cn(CCC#N)nc2-c2ccccc2)c([N+](=O)[O-])c1. The van der Waals surface area contributed by atoms with E-state index >= 15 is 0 Å². The third-order valence-corrected chi connectivity index (χ3v) is 4.10. The monoisotopic (exact) mass is 375 g/mol. The van der Waals surface area contributed by atoms with Gasteiger partial charge in [0.15, 0.2) is 0 Å². The first-order valence-electron chi connectivity index (χ1n) is 8.56. The second kappa shape index (κ2) is 8.14. The fourth-order valence-corrected chi connectivity index (χ4v) is 2.76. The molecule has 0 atom stereocenters. The topological polar surface area (TPSA) is 114 Å². The maximum Gasteiger partial charge on any atom is 0.293 e. The minimum atomic E-state index is -0.531. The summed E-state index contributed by atoms with van der Waals surface area (Å²) < 4.78 is 1.53. The number of hydrogen-bond acceptors (Lipinski definition) is 5. The molecule has 140 valence electrons. The van der Waals surface area contributed by atoms with Crippen LogP contribution < -0.4 is 5.32 Å². The summed E-state index contributed by atoms with van der Waals surface area (Å²) in [6, 6.07) is 15.8. The number of benzene rings is 2. The molecule has 2 aromatic carbocycles. The minimum Gasteiger partial charge on any atom is -0.316 e. The largest absolute Gasteiger partial charge is 0.316 e. The zero-order chi connectivity index (χ0) is 20.1. The van der Waals surface area contributed by atoms with Crippen LogP contribution >= 0.6 is 0 Å². The summed E-state index contributed by atoms with van der Waals surface area (Å²) in [5.41, 5.74) is 2.13. The van der Waals surface area contributed by atoms with Crippen molar-refractivity contribution >= 4 is 17.3 Å². The molecule has 0 aliphatic rings. The molecule has 1 amide bonds. The van der Waals surface area contributed by atoms with E-state index in [0.717, 1.165) is 11.1 Å². The number of nitriles is 1. The molecule has 0 aliphatic heterocycles. The Labute approximate surface area is 161 Å². The number of hydrogen-bond donors (Lipinski definition) is 1. The number of nitrogens with zero attached hydrogens (tertiary/aromatic N) is 4. The van der Waals surface area contributed by atoms with Gasteiger partial charge in [0.1, 0.15) is 11.4 Å². The van der Waals surface area contributed by atoms with Gasteiger partial charge in [0, 0.05) is 17.8 Å². The van der Waals surface area contributed by atoms with E-state index in [-0.39, 0.29) is 23.4 Å². The molecule has 3 aromatic rings. The predicted molar refractivity (Wildman–Crippen MR) is 104 cm³/mol. The van der Waals surface area contributed by atoms with Crippen molar-refractivity contribution in [2.45, 2.75) is 19.9 Å². The number of aromatic nitrogens is 2. The Balaban J connectivity index is 1.98. The molecule has 0 radical (unpaired) electrons. The fourth-order valence-electron chi connectivity index (χ4n) is 2.76. The van der Waals surface area contributed by atoms with Crippen molar-refractivity contribution in [3.8, 4) is 17.3 Å². The minimum absolute atomic E-state index is 0.115. The van der Waals surface area contributed by atoms with Crippen LogP contribution in [0.4, 0.5) is 11.4 Å². The summed E-state index contributed by atoms with van der Waals surface area (Å²) in [4.78, 5) is 23.7. The highest BCUT2D eigenvalue weighted by molar-refractivity contribution is 6.08. The molecule has 0 aliphatic carbocycles. The van der Waals surface area contributed by atoms with Crippen molar-refractivity contribution in [1.29, 1.82) is 5.26 Å². The van der Waals surface area contributed by atoms with Gasteiger partial charge in [-0.25, -0.2) is 0 Å². The molecule has 0 fully saturated rings. The average Bonchev–Trinajstić information content (AvgIpc) is 3.12. The van der Waals surface area contributed by atoms with E-state index in [0.29, 0.717) is 12.2 Å². The molecule has 0 spiro atoms. The maximum absolute atomic E-state index is 12.9. The lowest BCUT2D eigenvalue weighted by molar-refractivity contribution is -0.384. The highest BCUT2D eigenvalue weighted by atomic mass is 16.6. The van der Waals surface area contributed by atoms with Crippen molar-refractivity contribution in [1.82, 2.24) is 9.78 Å². The van der Waals surface area contributed by atoms with Crippen molar-refractivity contribution in [2.75, 3.05) is 5.32 Å². The second-order valence-corrected chi connectivity index (χ2v) is 6.16. The molecule has 1 aromatic heterocycles. The van der Waals surface area contributed by atoms with Crippen LogP contribution in [-0.2, 0) is 6.54 Å². The number of rotatable bonds is 6. The number of aryl methyl sites for hydroxylation is 2. The van der Waals surface area contributed by atoms with Gasteiger partial charge in [-0.3, -0.25) is 19.6 Å². The van der Waals surface area contributed by atoms with E-state index in [1.54, 1.807) is 19.2 Å². The van der Waals surface area contributed by atoms with Crippen LogP contribution in [0.3, 0.4) is 0 Å². The molecular formula is C20H17N5O3. The first-order valence-corrected chi connectivity index (χ1v) is 8.56. The molecule has 3 rings (SSSR count). The molecule has 1 heterocycles. The standard InChI is InChI=1S/C20H17N5O3/c1-14-8-9-17(18(12-14)25(27)28)22-20(26)16-13-24(11-5-10-21)23-19(16)15-6-3-2-4-7-15/h2-4,6-9,12-13H,5,11H2,1H3,(H,22,26). The van der Waals surface area contributed by atoms with Gasteiger partial charge in [-0.15, -0.1) is 0 Å². The molecule has 0 bridgehead atoms. The summed E-state index contributed by atoms with van der Waals surface area (Å²) in [6.45, 7) is 2.08. The van der Waals surface area contributed by atoms with E-state index in [4.69, 9.17) is 5.26 Å². The van der Waals surface area contributed by atoms with Gasteiger partial charge >= 0.3 is 0 Å². The lowest BCUT2D eigenvalue weighted by Gasteiger charge is -2.07. The van der Waals surface area contributed by atoms with E-state index in [9.17, 15) is 14.9 Å². The number of nitro benzene ring substituents is 1. The van der Waals surface area contributed by atoms with Crippen molar-refractivity contribution in [2.24, 2.45) is 0 Å². The van der Waals surface area contributed by atoms with Crippen molar-refractivity contribution < 1.29 is 9.72 Å². The molecule has 1 N–H and O–H groups in total. The van der Waals surface area contributed by atoms with Gasteiger partial charge < -0.3 is 5.32 Å². The van der Waals surface area contributed by atoms with E-state index in [1.165, 1.54) is 16.8 Å². The Kier molecular flexibility index (Phi) is 5.46. The van der Waals surface area contributed by atoms with Crippen molar-refractivity contribution in [3.63, 3.8) is 0 Å². The Morgan fingerprint density at radius 3 is 2.71 bits per heavy atom. The number of carbonyl (C=O) groups excluding carboxylic acids is 1. The number of amides is 1. The Morgan fingerprint density at radius 2 is 2.04 bits per heavy atom. The predicted octanol–water partition coefficient (Wildman–Crippen LogP) is 3.93. The van der Waals surface area contributed by atoms with Crippen LogP contribution in [0, 0.1) is 28.4 Å². The van der Waals surface area contributed by atoms with Gasteiger partial charge in [-0.2, -0.15) is 10.4 Å². The highest BCUT2D eigenvalue weighted by Crippen LogP contribution is 2.28. The Morgan fingerprint density at radius 1 is 1.29 bits per heavy atom. The Bertz CT molecular complexity index is 1070. The molecule has 8 nitrogen and oxygen atoms in total. The summed E-state index contributed by atoms with van der Waals surface area (Å²) in [5.74, 6) is -0.506. The van der Waals surface area contributed by atoms with Gasteiger partial charge in [-0.1, -0.05) is 36.4 Å². The number of carbonyl (C=O) groups is 1. The maximum atomic E-state index is 12.9. The van der Waals surface area contributed by atoms with E-state index < -0.39 is 10.8 Å². The molecule has 28 heavy (non-hydrogen) atoms. The molecule has 8 heteroatoms. The summed E-state index contributed by atoms with van der Waals surface area (Å²) in [6.07, 6.45) is 1.80. The Hall–Kier alpha value is -3.99. The van der Waals surface area contributed by atoms with Crippen LogP contribution in [0.1, 0.15) is 22.3 Å². The average molecular weight is 375 g/mol. The number of nitrogens with one attached hydrogen (secondary N) is 1. The summed E-state index contributed by atoms with van der Waals surface area (Å²) >= 11 is 0. The summed E-state index contributed by atoms with van der Waals surface area (Å²) in [7, 11) is 0. The third-order valence-electron chi connectivity index (χ3n) is 4.10. The van der Waals surface area contributed by atoms with Crippen LogP contribution in [0.15, 0.2) is 54.7 Å². The molecule has 0 saturated heterocycles. The van der Waals surface area contributed by atoms with E-state index in [1.807, 2.05) is 36.4 Å². The van der Waals surface area contributed by atoms with Gasteiger partial charge in [0.2, 0.25) is 0 Å². The fraction of sp³-hybridized carbons (Fsp3) is 0.150. The van der Waals surface area contributed by atoms with Crippen LogP contribution in [-0.4, -0.2) is 20.6 Å². The lowest BCUT2D eigenvalue weighted by Crippen LogP contribution is -2.13. The van der Waals surface area contributed by atoms with Crippen LogP contribution in [0.5, 0.6) is 0 Å². The summed E-state index contributed by atoms with van der Waals surface area (Å²) in [5, 5.41) is 27.1. The quantitative estimate of drug-likeness (QED) is 0.518. The number of nitro groups is 1. The van der Waals surface area contributed by atoms with Gasteiger partial charge in [0.25, 0.3) is 11.6 Å². The number of anilines is 1. The zero-order valence-corrected chi connectivity index (χ0v) is 15.1. The third kappa shape index (κ3) is 4.04. The van der Waals surface area contributed by atoms with Crippen LogP contribution in [0.2, 0.25) is 0 Å². The second-order valence-electron chi connectivity index (χ2n) is 6.16. The van der Waals surface area contributed by atoms with Gasteiger partial charge in [0.05, 0.1) is 29.5 Å². The lowest BCUT2D eigenvalue weighted by atomic mass is 10.1. The zero-order valence-electron chi connectivity index (χ0n) is 15.1. The van der Waals surface area contributed by atoms with E-state index in [2.05, 4.69) is 10.4 Å². The van der Waals surface area contributed by atoms with Crippen LogP contribution in [0.25, 0.3) is 11.3 Å². The molecular weight excluding hydrogens is 358 g/mol. The molecule has 0 unspecified atom stereocenters. The smallest absolute Gasteiger partial charge is 0.293 e. The highest BCUT2D eigenvalue weighted by Gasteiger charge is 2.21. The van der Waals surface area contributed by atoms with Gasteiger partial charge in [-0.05, 0) is 18.6 Å². The first-order chi connectivity index (χ1) is 13.5. The molecule has 0 saturated carbocycles. The first kappa shape index (κ1) is 18.8. The van der Waals surface area contributed by atoms with Crippen molar-refractivity contribution in [3.05, 3.63) is 76.0 Å². The normalized spacial score (nSPS) is 10.3.